The smallest absolute Gasteiger partial charge is 0.227 e. The Morgan fingerprint density at radius 2 is 0.552 bits per heavy atom. The van der Waals surface area contributed by atoms with Crippen molar-refractivity contribution in [3.8, 4) is 0 Å². The van der Waals surface area contributed by atoms with Gasteiger partial charge in [-0.05, 0) is 296 Å². The van der Waals surface area contributed by atoms with E-state index in [1.54, 1.807) is 30.7 Å². The minimum Gasteiger partial charge on any atom is -0.435 e. The van der Waals surface area contributed by atoms with Crippen LogP contribution < -0.4 is 44.1 Å². The van der Waals surface area contributed by atoms with Gasteiger partial charge in [0.25, 0.3) is 0 Å². The molecule has 6 aromatic carbocycles. The zero-order valence-corrected chi connectivity index (χ0v) is 80.2. The zero-order valence-electron chi connectivity index (χ0n) is 87.2. The fourth-order valence-electron chi connectivity index (χ4n) is 20.5. The first-order valence-electron chi connectivity index (χ1n) is 49.4. The second-order valence-corrected chi connectivity index (χ2v) is 36.6. The minimum atomic E-state index is -2.29. The van der Waals surface area contributed by atoms with Crippen molar-refractivity contribution >= 4 is 185 Å². The lowest BCUT2D eigenvalue weighted by molar-refractivity contribution is 0.263. The summed E-state index contributed by atoms with van der Waals surface area (Å²) in [6.45, 7) is 43.6. The van der Waals surface area contributed by atoms with Gasteiger partial charge in [0.2, 0.25) is 28.6 Å². The maximum Gasteiger partial charge on any atom is 0.227 e. The third-order valence-corrected chi connectivity index (χ3v) is 26.6. The molecule has 0 bridgehead atoms. The van der Waals surface area contributed by atoms with Gasteiger partial charge in [0.15, 0.2) is 45.4 Å². The van der Waals surface area contributed by atoms with Gasteiger partial charge >= 0.3 is 0 Å². The molecule has 5 aliphatic heterocycles. The standard InChI is InChI=1S/C24H25N3O.2C23H24N4O.C21H20N4O.C20H23N3O/c1-14(2)26-17(5)27(21-9-7-6-8-20(21)26)22-15(3)10-12-18-19-13-11-16(4)25-24(19)28-23(18)22;2*1-13(2)26-16(5)27(22-19(26)7-6-12-24-22)20-14(3)8-10-17-18-11-9-15(4)25-23(18)28-21(17)20;1-12-7-9-15-16-10-8-13(2)23-21(16)26-19(15)18(12)25-14(3)24(4)17-6-5-11-22-20(17)25;1-12(2)22-10-11-23(15(22)5)18-13(3)6-8-16-17-9-7-14(4)21-20(17)24-19(16)18/h6-14,17H,1-5H3;2*6-13,16H,1-5H3;5-11,14H,1-4H3;6-12,15H,1-5H3/i14D;2*13D;4D3;12D. The molecule has 23 heteroatoms. The van der Waals surface area contributed by atoms with Gasteiger partial charge in [0.05, 0.1) is 62.4 Å². The predicted molar refractivity (Wildman–Crippen MR) is 550 cm³/mol. The number of benzene rings is 6. The SMILES string of the molecule is [2H]C(C)(C)N1C=CN(c2c(C)ccc3c2oc2nc(C)ccc23)C1C.[2H]C(C)(C)N1c2ccccc2N(c2c(C)ccc3c2oc2nc(C)ccc23)C1C.[2H]C(C)(C)N1c2cccnc2N(c2c(C)ccc3c2oc2nc(C)ccc23)C1C.[2H]C(C)(C)N1c2cccnc2N(c2c(C)ccc3c2oc2nc(C)ccc23)C1C.[2H]C([2H])([2H])N1c2cccnc2N(c2c(C)ccc3c2oc2nc(C)ccc23)C1C. The highest BCUT2D eigenvalue weighted by molar-refractivity contribution is 6.15. The number of rotatable bonds is 9. The molecule has 13 aromatic heterocycles. The number of aromatic nitrogens is 8. The fraction of sp³-hybridized carbons (Fsp3) is 0.297. The lowest BCUT2D eigenvalue weighted by Gasteiger charge is -2.33. The molecule has 5 aliphatic rings. The van der Waals surface area contributed by atoms with Gasteiger partial charge in [-0.2, -0.15) is 0 Å². The average molecular weight is 1790 g/mol. The van der Waals surface area contributed by atoms with Crippen LogP contribution in [0.1, 0.15) is 156 Å². The zero-order chi connectivity index (χ0) is 99.9. The minimum absolute atomic E-state index is 0.0212. The van der Waals surface area contributed by atoms with Gasteiger partial charge < -0.3 is 71.1 Å². The molecule has 0 N–H and O–H groups in total. The van der Waals surface area contributed by atoms with Crippen LogP contribution in [-0.2, 0) is 0 Å². The highest BCUT2D eigenvalue weighted by Gasteiger charge is 2.43. The number of aryl methyl sites for hydroxylation is 10. The molecule has 5 atom stereocenters. The van der Waals surface area contributed by atoms with E-state index in [4.69, 9.17) is 41.6 Å². The second kappa shape index (κ2) is 33.8. The first-order valence-corrected chi connectivity index (χ1v) is 45.9. The average Bonchev–Trinajstić information content (AvgIpc) is 1.58. The molecular weight excluding hydrogens is 1670 g/mol. The molecule has 24 rings (SSSR count). The Hall–Kier alpha value is -14.7. The van der Waals surface area contributed by atoms with Crippen LogP contribution in [0, 0.1) is 69.2 Å². The van der Waals surface area contributed by atoms with E-state index < -0.39 is 37.2 Å². The highest BCUT2D eigenvalue weighted by atomic mass is 16.4. The van der Waals surface area contributed by atoms with Gasteiger partial charge in [-0.25, -0.2) is 39.9 Å². The molecule has 0 saturated carbocycles. The quantitative estimate of drug-likeness (QED) is 0.132. The van der Waals surface area contributed by atoms with Crippen molar-refractivity contribution < 1.29 is 31.7 Å². The van der Waals surface area contributed by atoms with Crippen LogP contribution in [0.15, 0.2) is 235 Å². The van der Waals surface area contributed by atoms with Crippen molar-refractivity contribution in [2.45, 2.75) is 214 Å². The topological polar surface area (TPSA) is 201 Å². The van der Waals surface area contributed by atoms with Crippen LogP contribution in [0.4, 0.5) is 74.3 Å². The predicted octanol–water partition coefficient (Wildman–Crippen LogP) is 27.6. The van der Waals surface area contributed by atoms with Gasteiger partial charge in [0.1, 0.15) is 30.8 Å². The van der Waals surface area contributed by atoms with Crippen LogP contribution in [0.2, 0.25) is 0 Å². The number of pyridine rings is 8. The maximum absolute atomic E-state index is 8.74. The molecule has 134 heavy (non-hydrogen) atoms. The van der Waals surface area contributed by atoms with E-state index >= 15 is 0 Å². The Labute approximate surface area is 791 Å². The summed E-state index contributed by atoms with van der Waals surface area (Å²) >= 11 is 0. The molecule has 23 nitrogen and oxygen atoms in total. The van der Waals surface area contributed by atoms with Crippen LogP contribution in [0.25, 0.3) is 110 Å². The molecular formula is C111H116N18O5. The maximum atomic E-state index is 8.74. The van der Waals surface area contributed by atoms with Gasteiger partial charge in [-0.3, -0.25) is 0 Å². The van der Waals surface area contributed by atoms with E-state index in [1.807, 2.05) is 205 Å². The Morgan fingerprint density at radius 3 is 0.881 bits per heavy atom. The number of hydrogen-bond acceptors (Lipinski definition) is 23. The summed E-state index contributed by atoms with van der Waals surface area (Å²) in [5, 5.41) is 10.2. The molecule has 18 heterocycles. The molecule has 0 fully saturated rings. The van der Waals surface area contributed by atoms with Crippen molar-refractivity contribution in [1.82, 2.24) is 44.8 Å². The van der Waals surface area contributed by atoms with E-state index in [-0.39, 0.29) is 24.7 Å². The van der Waals surface area contributed by atoms with Crippen LogP contribution in [0.5, 0.6) is 0 Å². The van der Waals surface area contributed by atoms with Crippen molar-refractivity contribution in [1.29, 1.82) is 0 Å². The van der Waals surface area contributed by atoms with Crippen molar-refractivity contribution in [3.05, 3.63) is 269 Å². The summed E-state index contributed by atoms with van der Waals surface area (Å²) < 4.78 is 89.9. The largest absolute Gasteiger partial charge is 0.435 e. The third kappa shape index (κ3) is 14.4. The number of fused-ring (bicyclic) bond motifs is 19. The number of furan rings is 5. The first kappa shape index (κ1) is 79.0. The summed E-state index contributed by atoms with van der Waals surface area (Å²) in [5.41, 5.74) is 26.9. The summed E-state index contributed by atoms with van der Waals surface area (Å²) in [4.78, 5) is 57.4. The third-order valence-electron chi connectivity index (χ3n) is 26.6. The van der Waals surface area contributed by atoms with Crippen LogP contribution in [-0.4, -0.2) is 107 Å². The summed E-state index contributed by atoms with van der Waals surface area (Å²) in [6, 6.07) is 58.1. The second-order valence-electron chi connectivity index (χ2n) is 36.6. The first-order chi connectivity index (χ1) is 66.8. The monoisotopic (exact) mass is 1790 g/mol. The molecule has 0 spiro atoms. The molecule has 0 saturated heterocycles. The molecule has 0 aliphatic carbocycles. The van der Waals surface area contributed by atoms with E-state index in [9.17, 15) is 0 Å². The van der Waals surface area contributed by atoms with Crippen molar-refractivity contribution in [2.75, 3.05) is 51.1 Å². The van der Waals surface area contributed by atoms with Crippen LogP contribution in [0.3, 0.4) is 0 Å². The Morgan fingerprint density at radius 1 is 0.276 bits per heavy atom. The van der Waals surface area contributed by atoms with Gasteiger partial charge in [-0.1, -0.05) is 72.8 Å². The van der Waals surface area contributed by atoms with E-state index in [1.165, 1.54) is 4.90 Å². The van der Waals surface area contributed by atoms with Gasteiger partial charge in [-0.15, -0.1) is 0 Å². The fourth-order valence-corrected chi connectivity index (χ4v) is 20.5. The normalized spacial score (nSPS) is 18.0. The van der Waals surface area contributed by atoms with Crippen molar-refractivity contribution in [2.24, 2.45) is 0 Å². The van der Waals surface area contributed by atoms with E-state index in [0.717, 1.165) is 195 Å². The number of hydrogen-bond donors (Lipinski definition) is 0. The Bertz CT molecular complexity index is 7450. The van der Waals surface area contributed by atoms with Gasteiger partial charge in [0, 0.05) is 148 Å². The van der Waals surface area contributed by atoms with Crippen LogP contribution >= 0.6 is 0 Å². The Kier molecular flexibility index (Phi) is 20.0. The van der Waals surface area contributed by atoms with E-state index in [2.05, 4.69) is 211 Å². The summed E-state index contributed by atoms with van der Waals surface area (Å²) in [7, 11) is 0. The number of anilines is 13. The summed E-state index contributed by atoms with van der Waals surface area (Å²) in [6.07, 6.45) is 8.71. The molecule has 19 aromatic rings. The molecule has 0 amide bonds. The lowest BCUT2D eigenvalue weighted by atomic mass is 10.1. The lowest BCUT2D eigenvalue weighted by Crippen LogP contribution is -2.42. The van der Waals surface area contributed by atoms with E-state index in [0.29, 0.717) is 45.7 Å². The number of nitrogens with zero attached hydrogens (tertiary/aromatic N) is 18. The number of para-hydroxylation sites is 2. The Balaban J connectivity index is 0.000000108. The van der Waals surface area contributed by atoms with Crippen molar-refractivity contribution in [3.63, 3.8) is 0 Å². The highest BCUT2D eigenvalue weighted by Crippen LogP contribution is 2.54. The summed E-state index contributed by atoms with van der Waals surface area (Å²) in [5.74, 6) is 2.30. The molecule has 680 valence electrons. The molecule has 0 radical (unpaired) electrons. The molecule has 5 unspecified atom stereocenters.